The number of nitrogen functional groups attached to an aromatic ring is 1. The Labute approximate surface area is 129 Å². The molecule has 0 bridgehead atoms. The molecule has 0 saturated heterocycles. The molecule has 1 heterocycles. The number of benzene rings is 2. The molecule has 5 heteroatoms. The summed E-state index contributed by atoms with van der Waals surface area (Å²) in [5, 5.41) is 0. The van der Waals surface area contributed by atoms with Crippen molar-refractivity contribution in [1.82, 2.24) is 0 Å². The monoisotopic (exact) mass is 301 g/mol. The van der Waals surface area contributed by atoms with Gasteiger partial charge in [-0.1, -0.05) is 6.07 Å². The minimum atomic E-state index is 0.473. The molecule has 0 atom stereocenters. The van der Waals surface area contributed by atoms with E-state index in [1.807, 2.05) is 24.3 Å². The summed E-state index contributed by atoms with van der Waals surface area (Å²) < 4.78 is 22.3. The Morgan fingerprint density at radius 1 is 0.909 bits per heavy atom. The maximum Gasteiger partial charge on any atom is 0.203 e. The number of nitrogens with two attached hydrogens (primary N) is 1. The Hall–Kier alpha value is -2.40. The van der Waals surface area contributed by atoms with Crippen LogP contribution in [0.4, 0.5) is 5.69 Å². The van der Waals surface area contributed by atoms with Crippen LogP contribution in [-0.2, 0) is 18.0 Å². The second kappa shape index (κ2) is 5.77. The molecule has 0 aromatic heterocycles. The van der Waals surface area contributed by atoms with Crippen molar-refractivity contribution in [2.45, 2.75) is 13.2 Å². The molecular formula is C17H19NO4. The standard InChI is InChI=1S/C17H19NO4/c1-19-14-7-11-9-22-8-10-6-12(18)4-5-13(10)15(11)17(21-3)16(14)20-2/h4-7H,8-9,18H2,1-3H3. The van der Waals surface area contributed by atoms with E-state index in [1.165, 1.54) is 0 Å². The van der Waals surface area contributed by atoms with Crippen LogP contribution in [0.15, 0.2) is 24.3 Å². The van der Waals surface area contributed by atoms with E-state index in [9.17, 15) is 0 Å². The van der Waals surface area contributed by atoms with E-state index in [0.29, 0.717) is 36.1 Å². The molecule has 0 amide bonds. The zero-order valence-corrected chi connectivity index (χ0v) is 12.9. The van der Waals surface area contributed by atoms with E-state index < -0.39 is 0 Å². The van der Waals surface area contributed by atoms with Crippen molar-refractivity contribution in [3.05, 3.63) is 35.4 Å². The van der Waals surface area contributed by atoms with Gasteiger partial charge in [0, 0.05) is 11.3 Å². The summed E-state index contributed by atoms with van der Waals surface area (Å²) in [5.74, 6) is 1.85. The Balaban J connectivity index is 2.34. The van der Waals surface area contributed by atoms with Crippen molar-refractivity contribution in [3.8, 4) is 28.4 Å². The fourth-order valence-electron chi connectivity index (χ4n) is 2.86. The van der Waals surface area contributed by atoms with Gasteiger partial charge in [-0.05, 0) is 34.9 Å². The Kier molecular flexibility index (Phi) is 3.81. The SMILES string of the molecule is COc1cc2c(c(OC)c1OC)-c1ccc(N)cc1COC2. The van der Waals surface area contributed by atoms with Crippen LogP contribution in [0.2, 0.25) is 0 Å². The summed E-state index contributed by atoms with van der Waals surface area (Å²) >= 11 is 0. The first kappa shape index (κ1) is 14.5. The molecule has 0 aliphatic carbocycles. The highest BCUT2D eigenvalue weighted by Crippen LogP contribution is 2.48. The minimum absolute atomic E-state index is 0.473. The molecule has 0 spiro atoms. The van der Waals surface area contributed by atoms with Crippen LogP contribution in [0.5, 0.6) is 17.2 Å². The molecule has 22 heavy (non-hydrogen) atoms. The first-order chi connectivity index (χ1) is 10.7. The normalized spacial score (nSPS) is 12.9. The van der Waals surface area contributed by atoms with Crippen molar-refractivity contribution < 1.29 is 18.9 Å². The molecule has 5 nitrogen and oxygen atoms in total. The lowest BCUT2D eigenvalue weighted by atomic mass is 9.94. The number of anilines is 1. The summed E-state index contributed by atoms with van der Waals surface area (Å²) in [5.41, 5.74) is 10.6. The highest BCUT2D eigenvalue weighted by atomic mass is 16.5. The predicted molar refractivity (Wildman–Crippen MR) is 84.4 cm³/mol. The van der Waals surface area contributed by atoms with Crippen molar-refractivity contribution in [2.24, 2.45) is 0 Å². The zero-order valence-electron chi connectivity index (χ0n) is 12.9. The lowest BCUT2D eigenvalue weighted by Gasteiger charge is -2.19. The van der Waals surface area contributed by atoms with Crippen LogP contribution >= 0.6 is 0 Å². The molecule has 3 rings (SSSR count). The Bertz CT molecular complexity index is 712. The maximum atomic E-state index is 5.89. The molecule has 116 valence electrons. The molecule has 1 aliphatic heterocycles. The number of ether oxygens (including phenoxy) is 4. The average Bonchev–Trinajstić information content (AvgIpc) is 2.71. The smallest absolute Gasteiger partial charge is 0.203 e. The lowest BCUT2D eigenvalue weighted by molar-refractivity contribution is 0.109. The first-order valence-electron chi connectivity index (χ1n) is 6.98. The second-order valence-electron chi connectivity index (χ2n) is 5.09. The third-order valence-corrected chi connectivity index (χ3v) is 3.83. The molecule has 0 radical (unpaired) electrons. The van der Waals surface area contributed by atoms with Gasteiger partial charge in [-0.3, -0.25) is 0 Å². The molecule has 2 aromatic rings. The van der Waals surface area contributed by atoms with Gasteiger partial charge in [-0.25, -0.2) is 0 Å². The number of rotatable bonds is 3. The van der Waals surface area contributed by atoms with E-state index in [4.69, 9.17) is 24.7 Å². The van der Waals surface area contributed by atoms with E-state index in [2.05, 4.69) is 0 Å². The first-order valence-corrected chi connectivity index (χ1v) is 6.98. The van der Waals surface area contributed by atoms with Gasteiger partial charge in [-0.15, -0.1) is 0 Å². The van der Waals surface area contributed by atoms with Gasteiger partial charge in [-0.2, -0.15) is 0 Å². The van der Waals surface area contributed by atoms with E-state index in [0.717, 1.165) is 22.3 Å². The quantitative estimate of drug-likeness (QED) is 0.883. The molecule has 1 aliphatic rings. The number of hydrogen-bond donors (Lipinski definition) is 1. The largest absolute Gasteiger partial charge is 0.493 e. The lowest BCUT2D eigenvalue weighted by Crippen LogP contribution is -2.01. The number of methoxy groups -OCH3 is 3. The fourth-order valence-corrected chi connectivity index (χ4v) is 2.86. The van der Waals surface area contributed by atoms with Gasteiger partial charge in [0.05, 0.1) is 34.5 Å². The van der Waals surface area contributed by atoms with Gasteiger partial charge in [0.2, 0.25) is 5.75 Å². The maximum absolute atomic E-state index is 5.89. The molecule has 0 unspecified atom stereocenters. The van der Waals surface area contributed by atoms with Crippen LogP contribution in [0.25, 0.3) is 11.1 Å². The Morgan fingerprint density at radius 2 is 1.64 bits per heavy atom. The summed E-state index contributed by atoms with van der Waals surface area (Å²) in [6.45, 7) is 0.976. The van der Waals surface area contributed by atoms with Crippen LogP contribution in [0.3, 0.4) is 0 Å². The van der Waals surface area contributed by atoms with Gasteiger partial charge in [0.1, 0.15) is 0 Å². The third kappa shape index (κ3) is 2.23. The molecule has 0 fully saturated rings. The van der Waals surface area contributed by atoms with E-state index in [1.54, 1.807) is 21.3 Å². The van der Waals surface area contributed by atoms with Crippen LogP contribution in [0.1, 0.15) is 11.1 Å². The molecular weight excluding hydrogens is 282 g/mol. The molecule has 0 saturated carbocycles. The summed E-state index contributed by atoms with van der Waals surface area (Å²) in [6.07, 6.45) is 0. The average molecular weight is 301 g/mol. The fraction of sp³-hybridized carbons (Fsp3) is 0.294. The molecule has 2 N–H and O–H groups in total. The van der Waals surface area contributed by atoms with Crippen molar-refractivity contribution >= 4 is 5.69 Å². The topological polar surface area (TPSA) is 62.9 Å². The summed E-state index contributed by atoms with van der Waals surface area (Å²) in [6, 6.07) is 7.74. The van der Waals surface area contributed by atoms with Crippen LogP contribution < -0.4 is 19.9 Å². The van der Waals surface area contributed by atoms with Crippen molar-refractivity contribution in [3.63, 3.8) is 0 Å². The molecule has 2 aromatic carbocycles. The van der Waals surface area contributed by atoms with Gasteiger partial charge in [0.25, 0.3) is 0 Å². The highest BCUT2D eigenvalue weighted by Gasteiger charge is 2.25. The second-order valence-corrected chi connectivity index (χ2v) is 5.09. The number of hydrogen-bond acceptors (Lipinski definition) is 5. The van der Waals surface area contributed by atoms with Crippen molar-refractivity contribution in [2.75, 3.05) is 27.1 Å². The van der Waals surface area contributed by atoms with Crippen molar-refractivity contribution in [1.29, 1.82) is 0 Å². The van der Waals surface area contributed by atoms with Gasteiger partial charge in [0.15, 0.2) is 11.5 Å². The van der Waals surface area contributed by atoms with E-state index >= 15 is 0 Å². The van der Waals surface area contributed by atoms with E-state index in [-0.39, 0.29) is 0 Å². The zero-order chi connectivity index (χ0) is 15.7. The third-order valence-electron chi connectivity index (χ3n) is 3.83. The van der Waals surface area contributed by atoms with Gasteiger partial charge >= 0.3 is 0 Å². The van der Waals surface area contributed by atoms with Crippen LogP contribution in [0, 0.1) is 0 Å². The van der Waals surface area contributed by atoms with Crippen LogP contribution in [-0.4, -0.2) is 21.3 Å². The minimum Gasteiger partial charge on any atom is -0.493 e. The predicted octanol–water partition coefficient (Wildman–Crippen LogP) is 2.99. The summed E-state index contributed by atoms with van der Waals surface area (Å²) in [7, 11) is 4.83. The summed E-state index contributed by atoms with van der Waals surface area (Å²) in [4.78, 5) is 0. The highest BCUT2D eigenvalue weighted by molar-refractivity contribution is 5.82. The number of fused-ring (bicyclic) bond motifs is 3. The Morgan fingerprint density at radius 3 is 2.32 bits per heavy atom. The van der Waals surface area contributed by atoms with Gasteiger partial charge < -0.3 is 24.7 Å².